The minimum Gasteiger partial charge on any atom is -0.493 e. The molecule has 0 saturated carbocycles. The summed E-state index contributed by atoms with van der Waals surface area (Å²) in [6.45, 7) is 9.13. The lowest BCUT2D eigenvalue weighted by Crippen LogP contribution is -2.05. The van der Waals surface area contributed by atoms with Crippen LogP contribution in [0.15, 0.2) is 18.2 Å². The van der Waals surface area contributed by atoms with Crippen LogP contribution in [0.4, 0.5) is 0 Å². The molecule has 1 aromatic rings. The van der Waals surface area contributed by atoms with E-state index in [-0.39, 0.29) is 0 Å². The molecule has 0 spiro atoms. The summed E-state index contributed by atoms with van der Waals surface area (Å²) in [5, 5.41) is 8.94. The van der Waals surface area contributed by atoms with Gasteiger partial charge in [-0.25, -0.2) is 0 Å². The SMILES string of the molecule is CC(C)COc1cc(C#N)cc(C(C)C)c1. The van der Waals surface area contributed by atoms with Gasteiger partial charge in [-0.1, -0.05) is 27.7 Å². The Balaban J connectivity index is 2.92. The molecule has 0 aromatic heterocycles. The predicted molar refractivity (Wildman–Crippen MR) is 65.6 cm³/mol. The van der Waals surface area contributed by atoms with Crippen molar-refractivity contribution < 1.29 is 4.74 Å². The van der Waals surface area contributed by atoms with Gasteiger partial charge in [-0.05, 0) is 35.6 Å². The normalized spacial score (nSPS) is 10.6. The molecular weight excluding hydrogens is 198 g/mol. The molecule has 0 fully saturated rings. The third-order valence-electron chi connectivity index (χ3n) is 2.31. The summed E-state index contributed by atoms with van der Waals surface area (Å²) in [5.74, 6) is 1.71. The average Bonchev–Trinajstić information content (AvgIpc) is 2.25. The fourth-order valence-corrected chi connectivity index (χ4v) is 1.37. The Bertz CT molecular complexity index is 388. The molecule has 0 amide bonds. The molecule has 0 radical (unpaired) electrons. The number of benzene rings is 1. The van der Waals surface area contributed by atoms with Gasteiger partial charge in [-0.15, -0.1) is 0 Å². The van der Waals surface area contributed by atoms with E-state index in [1.54, 1.807) is 6.07 Å². The van der Waals surface area contributed by atoms with Crippen LogP contribution in [0.25, 0.3) is 0 Å². The largest absolute Gasteiger partial charge is 0.493 e. The summed E-state index contributed by atoms with van der Waals surface area (Å²) in [4.78, 5) is 0. The van der Waals surface area contributed by atoms with Crippen LogP contribution in [0.2, 0.25) is 0 Å². The first kappa shape index (κ1) is 12.6. The maximum Gasteiger partial charge on any atom is 0.120 e. The quantitative estimate of drug-likeness (QED) is 0.770. The van der Waals surface area contributed by atoms with Gasteiger partial charge in [0.1, 0.15) is 5.75 Å². The standard InChI is InChI=1S/C14H19NO/c1-10(2)9-16-14-6-12(8-15)5-13(7-14)11(3)4/h5-7,10-11H,9H2,1-4H3. The topological polar surface area (TPSA) is 33.0 Å². The zero-order valence-electron chi connectivity index (χ0n) is 10.4. The van der Waals surface area contributed by atoms with Gasteiger partial charge in [-0.3, -0.25) is 0 Å². The minimum absolute atomic E-state index is 0.412. The molecule has 0 N–H and O–H groups in total. The Kier molecular flexibility index (Phi) is 4.37. The number of ether oxygens (including phenoxy) is 1. The highest BCUT2D eigenvalue weighted by molar-refractivity contribution is 5.41. The first-order chi connectivity index (χ1) is 7.52. The van der Waals surface area contributed by atoms with E-state index in [9.17, 15) is 0 Å². The van der Waals surface area contributed by atoms with Gasteiger partial charge < -0.3 is 4.74 Å². The minimum atomic E-state index is 0.412. The summed E-state index contributed by atoms with van der Waals surface area (Å²) < 4.78 is 5.65. The van der Waals surface area contributed by atoms with Crippen molar-refractivity contribution in [2.24, 2.45) is 5.92 Å². The molecule has 0 bridgehead atoms. The molecular formula is C14H19NO. The summed E-state index contributed by atoms with van der Waals surface area (Å²) in [6, 6.07) is 7.92. The van der Waals surface area contributed by atoms with Crippen LogP contribution in [0, 0.1) is 17.2 Å². The highest BCUT2D eigenvalue weighted by Crippen LogP contribution is 2.23. The van der Waals surface area contributed by atoms with Crippen LogP contribution < -0.4 is 4.74 Å². The van der Waals surface area contributed by atoms with Gasteiger partial charge in [0, 0.05) is 0 Å². The van der Waals surface area contributed by atoms with E-state index >= 15 is 0 Å². The summed E-state index contributed by atoms with van der Waals surface area (Å²) >= 11 is 0. The predicted octanol–water partition coefficient (Wildman–Crippen LogP) is 3.72. The van der Waals surface area contributed by atoms with Gasteiger partial charge in [0.05, 0.1) is 18.2 Å². The van der Waals surface area contributed by atoms with Crippen LogP contribution >= 0.6 is 0 Å². The third kappa shape index (κ3) is 3.58. The molecule has 0 heterocycles. The van der Waals surface area contributed by atoms with Crippen molar-refractivity contribution in [1.29, 1.82) is 5.26 Å². The van der Waals surface area contributed by atoms with Gasteiger partial charge in [0.2, 0.25) is 0 Å². The van der Waals surface area contributed by atoms with Gasteiger partial charge in [-0.2, -0.15) is 5.26 Å². The van der Waals surface area contributed by atoms with E-state index in [0.717, 1.165) is 11.3 Å². The third-order valence-corrected chi connectivity index (χ3v) is 2.31. The fraction of sp³-hybridized carbons (Fsp3) is 0.500. The number of hydrogen-bond acceptors (Lipinski definition) is 2. The molecule has 0 aliphatic rings. The number of nitriles is 1. The van der Waals surface area contributed by atoms with E-state index in [1.807, 2.05) is 12.1 Å². The fourth-order valence-electron chi connectivity index (χ4n) is 1.37. The summed E-state index contributed by atoms with van der Waals surface area (Å²) in [5.41, 5.74) is 1.82. The van der Waals surface area contributed by atoms with Crippen molar-refractivity contribution in [3.63, 3.8) is 0 Å². The van der Waals surface area contributed by atoms with Crippen LogP contribution in [-0.4, -0.2) is 6.61 Å². The zero-order chi connectivity index (χ0) is 12.1. The van der Waals surface area contributed by atoms with Crippen molar-refractivity contribution in [1.82, 2.24) is 0 Å². The second-order valence-corrected chi connectivity index (χ2v) is 4.76. The Morgan fingerprint density at radius 2 is 1.88 bits per heavy atom. The van der Waals surface area contributed by atoms with Crippen LogP contribution in [0.3, 0.4) is 0 Å². The number of rotatable bonds is 4. The highest BCUT2D eigenvalue weighted by Gasteiger charge is 2.05. The molecule has 1 rings (SSSR count). The molecule has 0 atom stereocenters. The molecule has 0 unspecified atom stereocenters. The van der Waals surface area contributed by atoms with Crippen LogP contribution in [0.1, 0.15) is 44.7 Å². The van der Waals surface area contributed by atoms with E-state index in [0.29, 0.717) is 24.0 Å². The van der Waals surface area contributed by atoms with Crippen LogP contribution in [0.5, 0.6) is 5.75 Å². The van der Waals surface area contributed by atoms with Crippen molar-refractivity contribution in [2.45, 2.75) is 33.6 Å². The van der Waals surface area contributed by atoms with E-state index < -0.39 is 0 Å². The highest BCUT2D eigenvalue weighted by atomic mass is 16.5. The van der Waals surface area contributed by atoms with E-state index in [4.69, 9.17) is 10.00 Å². The number of hydrogen-bond donors (Lipinski definition) is 0. The van der Waals surface area contributed by atoms with Gasteiger partial charge >= 0.3 is 0 Å². The second-order valence-electron chi connectivity index (χ2n) is 4.76. The lowest BCUT2D eigenvalue weighted by molar-refractivity contribution is 0.270. The maximum absolute atomic E-state index is 8.94. The summed E-state index contributed by atoms with van der Waals surface area (Å²) in [6.07, 6.45) is 0. The summed E-state index contributed by atoms with van der Waals surface area (Å²) in [7, 11) is 0. The van der Waals surface area contributed by atoms with Crippen molar-refractivity contribution in [2.75, 3.05) is 6.61 Å². The smallest absolute Gasteiger partial charge is 0.120 e. The Hall–Kier alpha value is -1.49. The molecule has 86 valence electrons. The average molecular weight is 217 g/mol. The van der Waals surface area contributed by atoms with Crippen molar-refractivity contribution in [3.8, 4) is 11.8 Å². The van der Waals surface area contributed by atoms with Gasteiger partial charge in [0.25, 0.3) is 0 Å². The van der Waals surface area contributed by atoms with E-state index in [2.05, 4.69) is 33.8 Å². The zero-order valence-corrected chi connectivity index (χ0v) is 10.4. The van der Waals surface area contributed by atoms with Crippen molar-refractivity contribution >= 4 is 0 Å². The first-order valence-electron chi connectivity index (χ1n) is 5.70. The second kappa shape index (κ2) is 5.55. The lowest BCUT2D eigenvalue weighted by Gasteiger charge is -2.12. The Morgan fingerprint density at radius 3 is 2.38 bits per heavy atom. The Morgan fingerprint density at radius 1 is 1.19 bits per heavy atom. The first-order valence-corrected chi connectivity index (χ1v) is 5.70. The molecule has 2 nitrogen and oxygen atoms in total. The molecule has 16 heavy (non-hydrogen) atoms. The molecule has 1 aromatic carbocycles. The lowest BCUT2D eigenvalue weighted by atomic mass is 10.0. The van der Waals surface area contributed by atoms with E-state index in [1.165, 1.54) is 0 Å². The van der Waals surface area contributed by atoms with Crippen LogP contribution in [-0.2, 0) is 0 Å². The molecule has 0 aliphatic heterocycles. The molecule has 2 heteroatoms. The van der Waals surface area contributed by atoms with Crippen molar-refractivity contribution in [3.05, 3.63) is 29.3 Å². The molecule has 0 aliphatic carbocycles. The number of nitrogens with zero attached hydrogens (tertiary/aromatic N) is 1. The van der Waals surface area contributed by atoms with Gasteiger partial charge in [0.15, 0.2) is 0 Å². The Labute approximate surface area is 97.9 Å². The maximum atomic E-state index is 8.94. The monoisotopic (exact) mass is 217 g/mol. The molecule has 0 saturated heterocycles.